The Morgan fingerprint density at radius 1 is 0.818 bits per heavy atom. The molecular weight excluding hydrogens is 605 g/mol. The molecule has 3 aromatic carbocycles. The number of nitrogens with zero attached hydrogens (tertiary/aromatic N) is 5. The van der Waals surface area contributed by atoms with E-state index in [4.69, 9.17) is 9.88 Å². The van der Waals surface area contributed by atoms with Crippen LogP contribution in [-0.4, -0.2) is 68.7 Å². The third-order valence-corrected chi connectivity index (χ3v) is 10.1. The molecule has 0 unspecified atom stereocenters. The molecule has 5 aromatic rings. The minimum atomic E-state index is -3.96. The number of sulfonamides is 2. The third-order valence-electron chi connectivity index (χ3n) is 7.27. The predicted octanol–water partition coefficient (Wildman–Crippen LogP) is 3.05. The molecule has 224 valence electrons. The molecule has 1 saturated heterocycles. The van der Waals surface area contributed by atoms with Gasteiger partial charge in [-0.1, -0.05) is 24.3 Å². The van der Waals surface area contributed by atoms with Crippen molar-refractivity contribution in [1.29, 1.82) is 0 Å². The molecular formula is C30H26N6O6S2. The predicted molar refractivity (Wildman–Crippen MR) is 164 cm³/mol. The van der Waals surface area contributed by atoms with E-state index in [2.05, 4.69) is 15.0 Å². The zero-order valence-electron chi connectivity index (χ0n) is 23.4. The second kappa shape index (κ2) is 11.4. The van der Waals surface area contributed by atoms with Crippen LogP contribution in [0.25, 0.3) is 33.3 Å². The lowest BCUT2D eigenvalue weighted by molar-refractivity contribution is -0.120. The highest BCUT2D eigenvalue weighted by molar-refractivity contribution is 7.89. The summed E-state index contributed by atoms with van der Waals surface area (Å²) in [6, 6.07) is 19.7. The molecule has 6 rings (SSSR count). The van der Waals surface area contributed by atoms with Crippen LogP contribution in [0.1, 0.15) is 0 Å². The number of primary sulfonamides is 1. The lowest BCUT2D eigenvalue weighted by Gasteiger charge is -2.32. The van der Waals surface area contributed by atoms with Gasteiger partial charge >= 0.3 is 0 Å². The molecule has 0 atom stereocenters. The quantitative estimate of drug-likeness (QED) is 0.284. The first-order valence-corrected chi connectivity index (χ1v) is 16.3. The number of rotatable bonds is 7. The van der Waals surface area contributed by atoms with Crippen molar-refractivity contribution in [2.24, 2.45) is 5.14 Å². The lowest BCUT2D eigenvalue weighted by atomic mass is 10.0. The van der Waals surface area contributed by atoms with Gasteiger partial charge in [-0.05, 0) is 54.1 Å². The first kappa shape index (κ1) is 29.3. The van der Waals surface area contributed by atoms with Gasteiger partial charge < -0.3 is 4.74 Å². The molecule has 0 spiro atoms. The maximum Gasteiger partial charge on any atom is 0.243 e. The highest BCUT2D eigenvalue weighted by Gasteiger charge is 2.34. The number of methoxy groups -OCH3 is 1. The zero-order valence-corrected chi connectivity index (χ0v) is 25.0. The number of nitrogens with two attached hydrogens (primary N) is 1. The SMILES string of the molecule is COc1ccc(S(=O)(=O)N2CCN(c3cnc4ccc(-c5cncc(-c6ccccc6S(N)(=O)=O)c5)cc4n3)C(=O)C2)cc1. The summed E-state index contributed by atoms with van der Waals surface area (Å²) in [5, 5.41) is 5.43. The summed E-state index contributed by atoms with van der Waals surface area (Å²) in [5.41, 5.74) is 3.55. The highest BCUT2D eigenvalue weighted by atomic mass is 32.2. The van der Waals surface area contributed by atoms with Crippen LogP contribution in [0.15, 0.2) is 101 Å². The van der Waals surface area contributed by atoms with Crippen LogP contribution in [0.2, 0.25) is 0 Å². The summed E-state index contributed by atoms with van der Waals surface area (Å²) in [5.74, 6) is 0.401. The maximum absolute atomic E-state index is 13.2. The van der Waals surface area contributed by atoms with Crippen molar-refractivity contribution in [2.45, 2.75) is 9.79 Å². The van der Waals surface area contributed by atoms with Crippen molar-refractivity contribution in [1.82, 2.24) is 19.3 Å². The van der Waals surface area contributed by atoms with E-state index < -0.39 is 26.0 Å². The van der Waals surface area contributed by atoms with Gasteiger partial charge in [0, 0.05) is 42.2 Å². The number of amides is 1. The first-order valence-electron chi connectivity index (χ1n) is 13.3. The second-order valence-electron chi connectivity index (χ2n) is 9.99. The van der Waals surface area contributed by atoms with Gasteiger partial charge in [0.2, 0.25) is 26.0 Å². The van der Waals surface area contributed by atoms with Gasteiger partial charge in [-0.25, -0.2) is 27.0 Å². The van der Waals surface area contributed by atoms with E-state index in [1.54, 1.807) is 54.9 Å². The molecule has 1 aliphatic rings. The van der Waals surface area contributed by atoms with Crippen molar-refractivity contribution >= 4 is 42.8 Å². The fourth-order valence-electron chi connectivity index (χ4n) is 5.01. The normalized spacial score (nSPS) is 14.6. The second-order valence-corrected chi connectivity index (χ2v) is 13.5. The van der Waals surface area contributed by atoms with Gasteiger partial charge in [-0.15, -0.1) is 0 Å². The largest absolute Gasteiger partial charge is 0.497 e. The van der Waals surface area contributed by atoms with E-state index >= 15 is 0 Å². The molecule has 0 saturated carbocycles. The standard InChI is InChI=1S/C30H26N6O6S2/c1-42-23-7-9-24(10-8-23)44(40,41)35-12-13-36(30(37)19-35)29-18-33-26-11-6-20(15-27(26)34-29)21-14-22(17-32-16-21)25-4-2-3-5-28(25)43(31,38)39/h2-11,14-18H,12-13,19H2,1H3,(H2,31,38,39). The van der Waals surface area contributed by atoms with Crippen molar-refractivity contribution in [3.63, 3.8) is 0 Å². The summed E-state index contributed by atoms with van der Waals surface area (Å²) in [7, 11) is -6.35. The van der Waals surface area contributed by atoms with Crippen molar-refractivity contribution in [2.75, 3.05) is 31.6 Å². The summed E-state index contributed by atoms with van der Waals surface area (Å²) in [4.78, 5) is 28.1. The first-order chi connectivity index (χ1) is 21.0. The van der Waals surface area contributed by atoms with Crippen LogP contribution < -0.4 is 14.8 Å². The van der Waals surface area contributed by atoms with Crippen molar-refractivity contribution < 1.29 is 26.4 Å². The van der Waals surface area contributed by atoms with Crippen LogP contribution in [-0.2, 0) is 24.8 Å². The average Bonchev–Trinajstić information content (AvgIpc) is 3.04. The third kappa shape index (κ3) is 5.63. The Morgan fingerprint density at radius 2 is 1.57 bits per heavy atom. The van der Waals surface area contributed by atoms with Crippen LogP contribution in [0.3, 0.4) is 0 Å². The molecule has 1 amide bonds. The summed E-state index contributed by atoms with van der Waals surface area (Å²) < 4.78 is 56.8. The van der Waals surface area contributed by atoms with E-state index in [0.717, 1.165) is 9.87 Å². The molecule has 2 N–H and O–H groups in total. The molecule has 1 aliphatic heterocycles. The molecule has 44 heavy (non-hydrogen) atoms. The molecule has 0 bridgehead atoms. The summed E-state index contributed by atoms with van der Waals surface area (Å²) in [6.45, 7) is -0.158. The van der Waals surface area contributed by atoms with E-state index in [0.29, 0.717) is 39.3 Å². The summed E-state index contributed by atoms with van der Waals surface area (Å²) >= 11 is 0. The van der Waals surface area contributed by atoms with Gasteiger partial charge in [0.15, 0.2) is 5.82 Å². The molecule has 1 fully saturated rings. The van der Waals surface area contributed by atoms with Crippen LogP contribution >= 0.6 is 0 Å². The molecule has 2 aromatic heterocycles. The number of hydrogen-bond donors (Lipinski definition) is 1. The number of piperazine rings is 1. The molecule has 0 aliphatic carbocycles. The van der Waals surface area contributed by atoms with Crippen LogP contribution in [0.4, 0.5) is 5.82 Å². The number of ether oxygens (including phenoxy) is 1. The van der Waals surface area contributed by atoms with Crippen molar-refractivity contribution in [3.05, 3.63) is 91.4 Å². The number of aromatic nitrogens is 3. The molecule has 0 radical (unpaired) electrons. The van der Waals surface area contributed by atoms with Gasteiger partial charge in [0.05, 0.1) is 40.7 Å². The van der Waals surface area contributed by atoms with Gasteiger partial charge in [-0.2, -0.15) is 4.31 Å². The Bertz CT molecular complexity index is 2120. The Hall–Kier alpha value is -4.76. The fraction of sp³-hybridized carbons (Fsp3) is 0.133. The van der Waals surface area contributed by atoms with E-state index in [1.807, 2.05) is 12.1 Å². The highest BCUT2D eigenvalue weighted by Crippen LogP contribution is 2.31. The molecule has 12 nitrogen and oxygen atoms in total. The van der Waals surface area contributed by atoms with Crippen molar-refractivity contribution in [3.8, 4) is 28.0 Å². The number of anilines is 1. The zero-order chi connectivity index (χ0) is 31.1. The smallest absolute Gasteiger partial charge is 0.243 e. The Morgan fingerprint density at radius 3 is 2.30 bits per heavy atom. The van der Waals surface area contributed by atoms with E-state index in [1.165, 1.54) is 36.4 Å². The summed E-state index contributed by atoms with van der Waals surface area (Å²) in [6.07, 6.45) is 4.69. The minimum absolute atomic E-state index is 0.00506. The average molecular weight is 631 g/mol. The monoisotopic (exact) mass is 630 g/mol. The number of carbonyl (C=O) groups excluding carboxylic acids is 1. The van der Waals surface area contributed by atoms with Gasteiger partial charge in [0.1, 0.15) is 5.75 Å². The molecule has 3 heterocycles. The Balaban J connectivity index is 1.26. The number of pyridine rings is 1. The number of hydrogen-bond acceptors (Lipinski definition) is 9. The van der Waals surface area contributed by atoms with E-state index in [-0.39, 0.29) is 29.4 Å². The number of carbonyl (C=O) groups is 1. The molecule has 14 heteroatoms. The van der Waals surface area contributed by atoms with Gasteiger partial charge in [0.25, 0.3) is 0 Å². The maximum atomic E-state index is 13.2. The van der Waals surface area contributed by atoms with Crippen LogP contribution in [0, 0.1) is 0 Å². The number of benzene rings is 3. The topological polar surface area (TPSA) is 166 Å². The lowest BCUT2D eigenvalue weighted by Crippen LogP contribution is -2.52. The number of fused-ring (bicyclic) bond motifs is 1. The Kier molecular flexibility index (Phi) is 7.59. The van der Waals surface area contributed by atoms with Gasteiger partial charge in [-0.3, -0.25) is 19.7 Å². The fourth-order valence-corrected chi connectivity index (χ4v) is 7.15. The van der Waals surface area contributed by atoms with Crippen LogP contribution in [0.5, 0.6) is 5.75 Å². The minimum Gasteiger partial charge on any atom is -0.497 e. The Labute approximate surface area is 253 Å². The van der Waals surface area contributed by atoms with E-state index in [9.17, 15) is 21.6 Å².